The van der Waals surface area contributed by atoms with Gasteiger partial charge in [0.1, 0.15) is 0 Å². The van der Waals surface area contributed by atoms with E-state index >= 15 is 0 Å². The van der Waals surface area contributed by atoms with E-state index in [-0.39, 0.29) is 28.5 Å². The molecule has 0 aromatic heterocycles. The molecule has 2 N–H and O–H groups in total. The van der Waals surface area contributed by atoms with Crippen molar-refractivity contribution in [3.05, 3.63) is 56.7 Å². The van der Waals surface area contributed by atoms with E-state index in [2.05, 4.69) is 27.9 Å². The van der Waals surface area contributed by atoms with Crippen LogP contribution in [0.2, 0.25) is 0 Å². The predicted octanol–water partition coefficient (Wildman–Crippen LogP) is 2.79. The van der Waals surface area contributed by atoms with E-state index in [1.807, 2.05) is 24.3 Å². The molecule has 0 bridgehead atoms. The Bertz CT molecular complexity index is 713. The first-order valence-electron chi connectivity index (χ1n) is 6.94. The van der Waals surface area contributed by atoms with Gasteiger partial charge in [0.25, 0.3) is 5.91 Å². The summed E-state index contributed by atoms with van der Waals surface area (Å²) in [5, 5.41) is 12.5. The molecule has 120 valence electrons. The van der Waals surface area contributed by atoms with E-state index in [4.69, 9.17) is 4.74 Å². The Labute approximate surface area is 147 Å². The van der Waals surface area contributed by atoms with E-state index in [9.17, 15) is 14.7 Å². The zero-order valence-electron chi connectivity index (χ0n) is 12.5. The molecular formula is C17H16INO4. The van der Waals surface area contributed by atoms with Crippen molar-refractivity contribution in [1.29, 1.82) is 0 Å². The molecule has 0 fully saturated rings. The van der Waals surface area contributed by atoms with Crippen molar-refractivity contribution in [2.45, 2.75) is 6.42 Å². The number of methoxy groups -OCH3 is 1. The third-order valence-corrected chi connectivity index (χ3v) is 4.05. The fourth-order valence-electron chi connectivity index (χ4n) is 2.08. The topological polar surface area (TPSA) is 75.6 Å². The van der Waals surface area contributed by atoms with Gasteiger partial charge in [-0.15, -0.1) is 0 Å². The van der Waals surface area contributed by atoms with Crippen molar-refractivity contribution in [3.63, 3.8) is 0 Å². The number of phenolic OH excluding ortho intramolecular Hbond substituents is 1. The number of phenols is 1. The molecule has 6 heteroatoms. The molecule has 0 unspecified atom stereocenters. The number of amides is 1. The van der Waals surface area contributed by atoms with Gasteiger partial charge in [0.05, 0.1) is 12.7 Å². The molecule has 2 rings (SSSR count). The lowest BCUT2D eigenvalue weighted by molar-refractivity contribution is 0.0953. The van der Waals surface area contributed by atoms with Crippen LogP contribution in [0, 0.1) is 3.57 Å². The molecule has 0 aliphatic rings. The third-order valence-electron chi connectivity index (χ3n) is 3.33. The highest BCUT2D eigenvalue weighted by molar-refractivity contribution is 14.1. The summed E-state index contributed by atoms with van der Waals surface area (Å²) < 4.78 is 6.13. The zero-order chi connectivity index (χ0) is 16.8. The summed E-state index contributed by atoms with van der Waals surface area (Å²) in [7, 11) is 1.36. The SMILES string of the molecule is COc1cc(C(=O)NCCc2ccc(I)cc2)cc(C=O)c1O. The molecule has 0 atom stereocenters. The number of carbonyl (C=O) groups excluding carboxylic acids is 2. The summed E-state index contributed by atoms with van der Waals surface area (Å²) in [5.74, 6) is -0.493. The Hall–Kier alpha value is -2.09. The van der Waals surface area contributed by atoms with E-state index < -0.39 is 0 Å². The van der Waals surface area contributed by atoms with Crippen molar-refractivity contribution in [3.8, 4) is 11.5 Å². The van der Waals surface area contributed by atoms with Crippen LogP contribution in [0.15, 0.2) is 36.4 Å². The minimum Gasteiger partial charge on any atom is -0.504 e. The maximum atomic E-state index is 12.2. The van der Waals surface area contributed by atoms with Crippen LogP contribution in [0.1, 0.15) is 26.3 Å². The lowest BCUT2D eigenvalue weighted by Crippen LogP contribution is -2.25. The Kier molecular flexibility index (Phi) is 5.97. The Morgan fingerprint density at radius 1 is 1.30 bits per heavy atom. The van der Waals surface area contributed by atoms with Crippen LogP contribution in [-0.4, -0.2) is 31.0 Å². The second kappa shape index (κ2) is 7.96. The first kappa shape index (κ1) is 17.3. The molecule has 0 saturated heterocycles. The maximum absolute atomic E-state index is 12.2. The largest absolute Gasteiger partial charge is 0.504 e. The number of carbonyl (C=O) groups is 2. The maximum Gasteiger partial charge on any atom is 0.251 e. The molecule has 23 heavy (non-hydrogen) atoms. The molecule has 2 aromatic carbocycles. The van der Waals surface area contributed by atoms with Gasteiger partial charge in [-0.2, -0.15) is 0 Å². The first-order valence-corrected chi connectivity index (χ1v) is 8.02. The highest BCUT2D eigenvalue weighted by Crippen LogP contribution is 2.30. The predicted molar refractivity (Wildman–Crippen MR) is 95.2 cm³/mol. The van der Waals surface area contributed by atoms with E-state index in [0.717, 1.165) is 9.13 Å². The van der Waals surface area contributed by atoms with Gasteiger partial charge >= 0.3 is 0 Å². The van der Waals surface area contributed by atoms with Gasteiger partial charge in [-0.05, 0) is 58.8 Å². The average Bonchev–Trinajstić information content (AvgIpc) is 2.56. The number of aromatic hydroxyl groups is 1. The van der Waals surface area contributed by atoms with Crippen LogP contribution in [0.4, 0.5) is 0 Å². The number of nitrogens with one attached hydrogen (secondary N) is 1. The molecule has 0 radical (unpaired) electrons. The standard InChI is InChI=1S/C17H16INO4/c1-23-15-9-12(8-13(10-20)16(15)21)17(22)19-7-6-11-2-4-14(18)5-3-11/h2-5,8-10,21H,6-7H2,1H3,(H,19,22). The van der Waals surface area contributed by atoms with Crippen LogP contribution >= 0.6 is 22.6 Å². The minimum atomic E-state index is -0.322. The first-order chi connectivity index (χ1) is 11.0. The van der Waals surface area contributed by atoms with Crippen molar-refractivity contribution >= 4 is 34.8 Å². The zero-order valence-corrected chi connectivity index (χ0v) is 14.7. The van der Waals surface area contributed by atoms with Gasteiger partial charge in [0.2, 0.25) is 0 Å². The van der Waals surface area contributed by atoms with Crippen LogP contribution in [0.25, 0.3) is 0 Å². The molecular weight excluding hydrogens is 409 g/mol. The fraction of sp³-hybridized carbons (Fsp3) is 0.176. The Morgan fingerprint density at radius 2 is 2.00 bits per heavy atom. The quantitative estimate of drug-likeness (QED) is 0.552. The summed E-state index contributed by atoms with van der Waals surface area (Å²) in [4.78, 5) is 23.1. The molecule has 0 aliphatic carbocycles. The summed E-state index contributed by atoms with van der Waals surface area (Å²) in [6.07, 6.45) is 1.19. The monoisotopic (exact) mass is 425 g/mol. The van der Waals surface area contributed by atoms with Crippen LogP contribution in [0.3, 0.4) is 0 Å². The second-order valence-corrected chi connectivity index (χ2v) is 6.11. The summed E-state index contributed by atoms with van der Waals surface area (Å²) in [6.45, 7) is 0.471. The number of rotatable bonds is 6. The molecule has 1 amide bonds. The molecule has 0 heterocycles. The van der Waals surface area contributed by atoms with Crippen molar-refractivity contribution in [1.82, 2.24) is 5.32 Å². The molecule has 0 spiro atoms. The normalized spacial score (nSPS) is 10.2. The number of halogens is 1. The number of hydrogen-bond acceptors (Lipinski definition) is 4. The van der Waals surface area contributed by atoms with Crippen molar-refractivity contribution < 1.29 is 19.4 Å². The van der Waals surface area contributed by atoms with Crippen molar-refractivity contribution in [2.24, 2.45) is 0 Å². The minimum absolute atomic E-state index is 0.0205. The molecule has 5 nitrogen and oxygen atoms in total. The van der Waals surface area contributed by atoms with E-state index in [1.54, 1.807) is 0 Å². The van der Waals surface area contributed by atoms with E-state index in [1.165, 1.54) is 19.2 Å². The lowest BCUT2D eigenvalue weighted by atomic mass is 10.1. The highest BCUT2D eigenvalue weighted by atomic mass is 127. The van der Waals surface area contributed by atoms with Crippen LogP contribution < -0.4 is 10.1 Å². The van der Waals surface area contributed by atoms with Gasteiger partial charge in [0.15, 0.2) is 17.8 Å². The van der Waals surface area contributed by atoms with Crippen LogP contribution in [0.5, 0.6) is 11.5 Å². The van der Waals surface area contributed by atoms with Gasteiger partial charge in [-0.3, -0.25) is 9.59 Å². The molecule has 0 aliphatic heterocycles. The summed E-state index contributed by atoms with van der Waals surface area (Å²) >= 11 is 2.24. The highest BCUT2D eigenvalue weighted by Gasteiger charge is 2.14. The average molecular weight is 425 g/mol. The smallest absolute Gasteiger partial charge is 0.251 e. The summed E-state index contributed by atoms with van der Waals surface area (Å²) in [6, 6.07) is 10.8. The number of hydrogen-bond donors (Lipinski definition) is 2. The van der Waals surface area contributed by atoms with Gasteiger partial charge in [-0.25, -0.2) is 0 Å². The summed E-state index contributed by atoms with van der Waals surface area (Å²) in [5.41, 5.74) is 1.42. The number of benzene rings is 2. The van der Waals surface area contributed by atoms with Crippen LogP contribution in [-0.2, 0) is 6.42 Å². The fourth-order valence-corrected chi connectivity index (χ4v) is 2.44. The second-order valence-electron chi connectivity index (χ2n) is 4.87. The molecule has 2 aromatic rings. The Morgan fingerprint density at radius 3 is 2.61 bits per heavy atom. The van der Waals surface area contributed by atoms with Gasteiger partial charge in [-0.1, -0.05) is 12.1 Å². The van der Waals surface area contributed by atoms with Gasteiger partial charge in [0, 0.05) is 15.7 Å². The number of ether oxygens (including phenoxy) is 1. The lowest BCUT2D eigenvalue weighted by Gasteiger charge is -2.10. The number of aldehydes is 1. The Balaban J connectivity index is 2.03. The molecule has 0 saturated carbocycles. The third kappa shape index (κ3) is 4.44. The van der Waals surface area contributed by atoms with Crippen molar-refractivity contribution in [2.75, 3.05) is 13.7 Å². The van der Waals surface area contributed by atoms with Gasteiger partial charge < -0.3 is 15.2 Å². The van der Waals surface area contributed by atoms with E-state index in [0.29, 0.717) is 19.3 Å².